The molecule has 2 saturated carbocycles. The number of benzene rings is 2. The Balaban J connectivity index is 1.31. The lowest BCUT2D eigenvalue weighted by molar-refractivity contribution is -0.145. The van der Waals surface area contributed by atoms with Gasteiger partial charge in [0.1, 0.15) is 6.04 Å². The summed E-state index contributed by atoms with van der Waals surface area (Å²) in [7, 11) is 0. The number of likely N-dealkylation sites (tertiary alicyclic amines) is 1. The van der Waals surface area contributed by atoms with E-state index in [9.17, 15) is 9.59 Å². The first-order valence-corrected chi connectivity index (χ1v) is 14.2. The number of rotatable bonds is 9. The first-order valence-electron chi connectivity index (χ1n) is 14.2. The van der Waals surface area contributed by atoms with Gasteiger partial charge in [0, 0.05) is 43.7 Å². The van der Waals surface area contributed by atoms with E-state index in [4.69, 9.17) is 5.73 Å². The molecule has 1 saturated heterocycles. The predicted molar refractivity (Wildman–Crippen MR) is 147 cm³/mol. The van der Waals surface area contributed by atoms with E-state index in [0.29, 0.717) is 13.0 Å². The molecule has 1 aliphatic heterocycles. The van der Waals surface area contributed by atoms with E-state index in [1.165, 1.54) is 11.1 Å². The van der Waals surface area contributed by atoms with Crippen molar-refractivity contribution in [2.24, 2.45) is 11.7 Å². The minimum atomic E-state index is -0.391. The average molecular weight is 503 g/mol. The van der Waals surface area contributed by atoms with Gasteiger partial charge < -0.3 is 16.0 Å². The van der Waals surface area contributed by atoms with Crippen LogP contribution in [0.15, 0.2) is 60.7 Å². The third kappa shape index (κ3) is 6.99. The fraction of sp³-hybridized carbons (Fsp3) is 0.548. The number of amides is 2. The molecule has 0 bridgehead atoms. The summed E-state index contributed by atoms with van der Waals surface area (Å²) in [6.45, 7) is 2.43. The van der Waals surface area contributed by atoms with Crippen LogP contribution < -0.4 is 11.1 Å². The van der Waals surface area contributed by atoms with Gasteiger partial charge in [0.15, 0.2) is 0 Å². The van der Waals surface area contributed by atoms with Gasteiger partial charge in [-0.3, -0.25) is 14.5 Å². The highest BCUT2D eigenvalue weighted by Crippen LogP contribution is 2.34. The number of piperidine rings is 1. The standard InChI is InChI=1S/C31H42N4O2/c32-26-13-15-27(16-14-26)33-30(36)29-21-28(18-20-35(29)31(37)25-11-12-25)34(22-24-9-5-2-6-10-24)19-17-23-7-3-1-4-8-23/h1-10,25-29H,11-22,32H2,(H,33,36)/t26?,27?,28?,29-/m1/s1. The molecule has 5 rings (SSSR count). The number of hydrogen-bond donors (Lipinski definition) is 2. The van der Waals surface area contributed by atoms with Gasteiger partial charge in [-0.2, -0.15) is 0 Å². The zero-order chi connectivity index (χ0) is 25.6. The van der Waals surface area contributed by atoms with Crippen LogP contribution in [0.4, 0.5) is 0 Å². The van der Waals surface area contributed by atoms with Crippen molar-refractivity contribution in [2.45, 2.75) is 88.5 Å². The molecule has 3 N–H and O–H groups in total. The van der Waals surface area contributed by atoms with Gasteiger partial charge in [-0.1, -0.05) is 60.7 Å². The summed E-state index contributed by atoms with van der Waals surface area (Å²) >= 11 is 0. The van der Waals surface area contributed by atoms with Gasteiger partial charge in [-0.05, 0) is 68.9 Å². The van der Waals surface area contributed by atoms with Crippen molar-refractivity contribution in [3.63, 3.8) is 0 Å². The summed E-state index contributed by atoms with van der Waals surface area (Å²) in [5, 5.41) is 3.31. The molecule has 37 heavy (non-hydrogen) atoms. The molecule has 198 valence electrons. The molecule has 3 fully saturated rings. The lowest BCUT2D eigenvalue weighted by Crippen LogP contribution is -2.59. The van der Waals surface area contributed by atoms with Crippen LogP contribution in [-0.2, 0) is 22.6 Å². The summed E-state index contributed by atoms with van der Waals surface area (Å²) in [6.07, 6.45) is 8.25. The first-order chi connectivity index (χ1) is 18.1. The second kappa shape index (κ2) is 12.2. The maximum atomic E-state index is 13.7. The van der Waals surface area contributed by atoms with Crippen molar-refractivity contribution in [1.29, 1.82) is 0 Å². The van der Waals surface area contributed by atoms with Crippen LogP contribution in [-0.4, -0.2) is 58.9 Å². The van der Waals surface area contributed by atoms with Crippen LogP contribution in [0.1, 0.15) is 62.5 Å². The van der Waals surface area contributed by atoms with Gasteiger partial charge in [0.25, 0.3) is 0 Å². The molecule has 0 spiro atoms. The van der Waals surface area contributed by atoms with E-state index in [1.807, 2.05) is 4.90 Å². The van der Waals surface area contributed by atoms with Crippen molar-refractivity contribution in [3.8, 4) is 0 Å². The van der Waals surface area contributed by atoms with Crippen LogP contribution >= 0.6 is 0 Å². The number of carbonyl (C=O) groups is 2. The molecule has 0 aromatic heterocycles. The van der Waals surface area contributed by atoms with E-state index < -0.39 is 6.04 Å². The number of carbonyl (C=O) groups excluding carboxylic acids is 2. The van der Waals surface area contributed by atoms with Crippen LogP contribution in [0.5, 0.6) is 0 Å². The zero-order valence-electron chi connectivity index (χ0n) is 21.9. The Bertz CT molecular complexity index is 1020. The lowest BCUT2D eigenvalue weighted by Gasteiger charge is -2.43. The first kappa shape index (κ1) is 25.9. The molecule has 2 amide bonds. The van der Waals surface area contributed by atoms with Gasteiger partial charge in [0.2, 0.25) is 11.8 Å². The molecular formula is C31H42N4O2. The monoisotopic (exact) mass is 502 g/mol. The van der Waals surface area contributed by atoms with Gasteiger partial charge in [-0.25, -0.2) is 0 Å². The summed E-state index contributed by atoms with van der Waals surface area (Å²) in [5.74, 6) is 0.336. The fourth-order valence-corrected chi connectivity index (χ4v) is 6.04. The Labute approximate surface area is 221 Å². The Hall–Kier alpha value is -2.70. The summed E-state index contributed by atoms with van der Waals surface area (Å²) < 4.78 is 0. The van der Waals surface area contributed by atoms with Crippen molar-refractivity contribution < 1.29 is 9.59 Å². The minimum Gasteiger partial charge on any atom is -0.352 e. The molecule has 0 radical (unpaired) electrons. The summed E-state index contributed by atoms with van der Waals surface area (Å²) in [4.78, 5) is 31.3. The Morgan fingerprint density at radius 2 is 1.51 bits per heavy atom. The third-order valence-electron chi connectivity index (χ3n) is 8.48. The average Bonchev–Trinajstić information content (AvgIpc) is 3.78. The third-order valence-corrected chi connectivity index (χ3v) is 8.48. The van der Waals surface area contributed by atoms with Crippen LogP contribution in [0.2, 0.25) is 0 Å². The van der Waals surface area contributed by atoms with Crippen molar-refractivity contribution in [2.75, 3.05) is 13.1 Å². The Kier molecular flexibility index (Phi) is 8.57. The topological polar surface area (TPSA) is 78.7 Å². The number of nitrogens with two attached hydrogens (primary N) is 1. The maximum Gasteiger partial charge on any atom is 0.243 e. The SMILES string of the molecule is NC1CCC(NC(=O)[C@H]2CC(N(CCc3ccccc3)Cc3ccccc3)CCN2C(=O)C2CC2)CC1. The van der Waals surface area contributed by atoms with Crippen LogP contribution in [0.25, 0.3) is 0 Å². The summed E-state index contributed by atoms with van der Waals surface area (Å²) in [6, 6.07) is 21.5. The smallest absolute Gasteiger partial charge is 0.243 e. The van der Waals surface area contributed by atoms with Crippen molar-refractivity contribution >= 4 is 11.8 Å². The van der Waals surface area contributed by atoms with Crippen molar-refractivity contribution in [3.05, 3.63) is 71.8 Å². The molecule has 1 heterocycles. The van der Waals surface area contributed by atoms with E-state index in [0.717, 1.165) is 64.5 Å². The van der Waals surface area contributed by atoms with E-state index in [-0.39, 0.29) is 35.9 Å². The molecule has 2 aliphatic carbocycles. The Morgan fingerprint density at radius 3 is 2.16 bits per heavy atom. The fourth-order valence-electron chi connectivity index (χ4n) is 6.04. The number of nitrogens with zero attached hydrogens (tertiary/aromatic N) is 2. The molecule has 2 aromatic carbocycles. The quantitative estimate of drug-likeness (QED) is 0.545. The van der Waals surface area contributed by atoms with E-state index >= 15 is 0 Å². The highest BCUT2D eigenvalue weighted by molar-refractivity contribution is 5.89. The highest BCUT2D eigenvalue weighted by atomic mass is 16.2. The summed E-state index contributed by atoms with van der Waals surface area (Å²) in [5.41, 5.74) is 8.70. The van der Waals surface area contributed by atoms with Crippen LogP contribution in [0.3, 0.4) is 0 Å². The molecule has 2 aromatic rings. The Morgan fingerprint density at radius 1 is 0.865 bits per heavy atom. The molecule has 6 nitrogen and oxygen atoms in total. The van der Waals surface area contributed by atoms with Crippen molar-refractivity contribution in [1.82, 2.24) is 15.1 Å². The maximum absolute atomic E-state index is 13.7. The van der Waals surface area contributed by atoms with Gasteiger partial charge in [-0.15, -0.1) is 0 Å². The highest BCUT2D eigenvalue weighted by Gasteiger charge is 2.43. The van der Waals surface area contributed by atoms with Crippen LogP contribution in [0, 0.1) is 5.92 Å². The minimum absolute atomic E-state index is 0.0295. The molecule has 6 heteroatoms. The van der Waals surface area contributed by atoms with E-state index in [2.05, 4.69) is 70.9 Å². The molecule has 1 unspecified atom stereocenters. The van der Waals surface area contributed by atoms with Gasteiger partial charge in [0.05, 0.1) is 0 Å². The number of nitrogens with one attached hydrogen (secondary N) is 1. The largest absolute Gasteiger partial charge is 0.352 e. The normalized spacial score (nSPS) is 26.2. The lowest BCUT2D eigenvalue weighted by atomic mass is 9.90. The second-order valence-corrected chi connectivity index (χ2v) is 11.3. The molecule has 3 aliphatic rings. The zero-order valence-corrected chi connectivity index (χ0v) is 21.9. The molecular weight excluding hydrogens is 460 g/mol. The van der Waals surface area contributed by atoms with Gasteiger partial charge >= 0.3 is 0 Å². The molecule has 2 atom stereocenters. The van der Waals surface area contributed by atoms with E-state index in [1.54, 1.807) is 0 Å². The second-order valence-electron chi connectivity index (χ2n) is 11.3. The predicted octanol–water partition coefficient (Wildman–Crippen LogP) is 3.89. The number of hydrogen-bond acceptors (Lipinski definition) is 4.